The third-order valence-corrected chi connectivity index (χ3v) is 3.91. The second kappa shape index (κ2) is 9.83. The number of nitrogens with one attached hydrogen (secondary N) is 1. The van der Waals surface area contributed by atoms with Crippen LogP contribution in [0.5, 0.6) is 11.5 Å². The number of amides is 1. The minimum atomic E-state index is -0.429. The van der Waals surface area contributed by atoms with Crippen molar-refractivity contribution in [3.63, 3.8) is 0 Å². The molecule has 1 amide bonds. The van der Waals surface area contributed by atoms with Crippen molar-refractivity contribution in [1.29, 1.82) is 5.26 Å². The fourth-order valence-electron chi connectivity index (χ4n) is 2.65. The fraction of sp³-hybridized carbons (Fsp3) is 0.182. The molecule has 0 unspecified atom stereocenters. The van der Waals surface area contributed by atoms with E-state index in [9.17, 15) is 10.1 Å². The van der Waals surface area contributed by atoms with Crippen molar-refractivity contribution in [2.45, 2.75) is 13.0 Å². The third kappa shape index (κ3) is 5.23. The Morgan fingerprint density at radius 1 is 1.22 bits per heavy atom. The summed E-state index contributed by atoms with van der Waals surface area (Å²) in [7, 11) is 3.11. The lowest BCUT2D eigenvalue weighted by molar-refractivity contribution is -0.117. The number of carbonyl (C=O) groups excluding carboxylic acids is 1. The molecule has 1 N–H and O–H groups in total. The quantitative estimate of drug-likeness (QED) is 0.442. The van der Waals surface area contributed by atoms with Gasteiger partial charge in [-0.3, -0.25) is 4.79 Å². The number of nitriles is 1. The van der Waals surface area contributed by atoms with Gasteiger partial charge in [0.2, 0.25) is 0 Å². The van der Waals surface area contributed by atoms with E-state index < -0.39 is 5.91 Å². The molecule has 0 spiro atoms. The SMILES string of the molecule is C=CCc1cc(/C=C(\C#N)C(=O)NCc2ccccc2)cc(OC)c1OC. The Kier molecular flexibility index (Phi) is 7.21. The van der Waals surface area contributed by atoms with Crippen molar-refractivity contribution in [1.82, 2.24) is 5.32 Å². The molecule has 0 heterocycles. The Balaban J connectivity index is 2.27. The number of methoxy groups -OCH3 is 2. The molecule has 2 rings (SSSR count). The van der Waals surface area contributed by atoms with Gasteiger partial charge in [-0.1, -0.05) is 36.4 Å². The van der Waals surface area contributed by atoms with Crippen LogP contribution in [0.4, 0.5) is 0 Å². The average Bonchev–Trinajstić information content (AvgIpc) is 2.70. The normalized spacial score (nSPS) is 10.6. The van der Waals surface area contributed by atoms with Crippen molar-refractivity contribution in [2.75, 3.05) is 14.2 Å². The van der Waals surface area contributed by atoms with Crippen molar-refractivity contribution >= 4 is 12.0 Å². The third-order valence-electron chi connectivity index (χ3n) is 3.91. The number of hydrogen-bond acceptors (Lipinski definition) is 4. The molecule has 0 bridgehead atoms. The molecule has 27 heavy (non-hydrogen) atoms. The molecular formula is C22H22N2O3. The molecule has 0 fully saturated rings. The van der Waals surface area contributed by atoms with Gasteiger partial charge in [-0.25, -0.2) is 0 Å². The number of ether oxygens (including phenoxy) is 2. The predicted octanol–water partition coefficient (Wildman–Crippen LogP) is 3.66. The second-order valence-electron chi connectivity index (χ2n) is 5.75. The smallest absolute Gasteiger partial charge is 0.262 e. The van der Waals surface area contributed by atoms with Crippen LogP contribution < -0.4 is 14.8 Å². The van der Waals surface area contributed by atoms with E-state index in [0.29, 0.717) is 30.0 Å². The van der Waals surface area contributed by atoms with Crippen LogP contribution in [-0.2, 0) is 17.8 Å². The van der Waals surface area contributed by atoms with E-state index in [-0.39, 0.29) is 5.57 Å². The summed E-state index contributed by atoms with van der Waals surface area (Å²) in [6, 6.07) is 15.1. The van der Waals surface area contributed by atoms with Gasteiger partial charge in [0.1, 0.15) is 11.6 Å². The molecular weight excluding hydrogens is 340 g/mol. The summed E-state index contributed by atoms with van der Waals surface area (Å²) in [4.78, 5) is 12.4. The average molecular weight is 362 g/mol. The maximum atomic E-state index is 12.4. The summed E-state index contributed by atoms with van der Waals surface area (Å²) >= 11 is 0. The highest BCUT2D eigenvalue weighted by Gasteiger charge is 2.13. The van der Waals surface area contributed by atoms with Gasteiger partial charge in [-0.2, -0.15) is 5.26 Å². The fourth-order valence-corrected chi connectivity index (χ4v) is 2.65. The number of rotatable bonds is 8. The predicted molar refractivity (Wildman–Crippen MR) is 105 cm³/mol. The van der Waals surface area contributed by atoms with Crippen LogP contribution in [0.2, 0.25) is 0 Å². The van der Waals surface area contributed by atoms with Gasteiger partial charge in [0.15, 0.2) is 11.5 Å². The van der Waals surface area contributed by atoms with Gasteiger partial charge in [-0.15, -0.1) is 6.58 Å². The molecule has 0 saturated heterocycles. The minimum Gasteiger partial charge on any atom is -0.493 e. The molecule has 0 radical (unpaired) electrons. The summed E-state index contributed by atoms with van der Waals surface area (Å²) in [5.41, 5.74) is 2.52. The lowest BCUT2D eigenvalue weighted by atomic mass is 10.0. The molecule has 2 aromatic carbocycles. The summed E-state index contributed by atoms with van der Waals surface area (Å²) < 4.78 is 10.8. The second-order valence-corrected chi connectivity index (χ2v) is 5.75. The zero-order chi connectivity index (χ0) is 19.6. The van der Waals surface area contributed by atoms with E-state index in [4.69, 9.17) is 9.47 Å². The maximum absolute atomic E-state index is 12.4. The minimum absolute atomic E-state index is 0.0164. The number of nitrogens with zero attached hydrogens (tertiary/aromatic N) is 1. The lowest BCUT2D eigenvalue weighted by Gasteiger charge is -2.13. The first-order valence-corrected chi connectivity index (χ1v) is 8.42. The van der Waals surface area contributed by atoms with E-state index in [2.05, 4.69) is 11.9 Å². The molecule has 0 aliphatic heterocycles. The first kappa shape index (κ1) is 19.8. The van der Waals surface area contributed by atoms with Gasteiger partial charge in [-0.05, 0) is 35.8 Å². The van der Waals surface area contributed by atoms with Gasteiger partial charge in [0, 0.05) is 12.1 Å². The molecule has 0 aromatic heterocycles. The van der Waals surface area contributed by atoms with Gasteiger partial charge >= 0.3 is 0 Å². The van der Waals surface area contributed by atoms with Crippen LogP contribution in [-0.4, -0.2) is 20.1 Å². The monoisotopic (exact) mass is 362 g/mol. The van der Waals surface area contributed by atoms with Crippen LogP contribution in [0.1, 0.15) is 16.7 Å². The molecule has 0 atom stereocenters. The van der Waals surface area contributed by atoms with E-state index in [1.807, 2.05) is 42.5 Å². The Labute approximate surface area is 159 Å². The number of allylic oxidation sites excluding steroid dienone is 1. The molecule has 0 saturated carbocycles. The van der Waals surface area contributed by atoms with Gasteiger partial charge < -0.3 is 14.8 Å². The number of benzene rings is 2. The first-order valence-electron chi connectivity index (χ1n) is 8.42. The van der Waals surface area contributed by atoms with Crippen LogP contribution in [0.15, 0.2) is 60.7 Å². The number of carbonyl (C=O) groups is 1. The summed E-state index contributed by atoms with van der Waals surface area (Å²) in [5.74, 6) is 0.716. The maximum Gasteiger partial charge on any atom is 0.262 e. The largest absolute Gasteiger partial charge is 0.493 e. The molecule has 0 aliphatic rings. The highest BCUT2D eigenvalue weighted by atomic mass is 16.5. The van der Waals surface area contributed by atoms with E-state index >= 15 is 0 Å². The first-order chi connectivity index (χ1) is 13.1. The van der Waals surface area contributed by atoms with Crippen LogP contribution in [0, 0.1) is 11.3 Å². The zero-order valence-electron chi connectivity index (χ0n) is 15.5. The van der Waals surface area contributed by atoms with Crippen LogP contribution >= 0.6 is 0 Å². The Morgan fingerprint density at radius 3 is 2.56 bits per heavy atom. The lowest BCUT2D eigenvalue weighted by Crippen LogP contribution is -2.23. The highest BCUT2D eigenvalue weighted by molar-refractivity contribution is 6.01. The van der Waals surface area contributed by atoms with Crippen LogP contribution in [0.25, 0.3) is 6.08 Å². The summed E-state index contributed by atoms with van der Waals surface area (Å²) in [5, 5.41) is 12.2. The molecule has 138 valence electrons. The van der Waals surface area contributed by atoms with Gasteiger partial charge in [0.25, 0.3) is 5.91 Å². The van der Waals surface area contributed by atoms with E-state index in [0.717, 1.165) is 11.1 Å². The standard InChI is InChI=1S/C22H22N2O3/c1-4-8-18-11-17(13-20(26-2)21(18)27-3)12-19(14-23)22(25)24-15-16-9-6-5-7-10-16/h4-7,9-13H,1,8,15H2,2-3H3,(H,24,25)/b19-12+. The van der Waals surface area contributed by atoms with Gasteiger partial charge in [0.05, 0.1) is 14.2 Å². The van der Waals surface area contributed by atoms with Crippen molar-refractivity contribution in [3.05, 3.63) is 77.4 Å². The molecule has 2 aromatic rings. The molecule has 5 heteroatoms. The van der Waals surface area contributed by atoms with Crippen molar-refractivity contribution < 1.29 is 14.3 Å². The Morgan fingerprint density at radius 2 is 1.96 bits per heavy atom. The molecule has 0 aliphatic carbocycles. The number of hydrogen-bond donors (Lipinski definition) is 1. The highest BCUT2D eigenvalue weighted by Crippen LogP contribution is 2.33. The van der Waals surface area contributed by atoms with Crippen molar-refractivity contribution in [2.24, 2.45) is 0 Å². The zero-order valence-corrected chi connectivity index (χ0v) is 15.5. The van der Waals surface area contributed by atoms with Crippen molar-refractivity contribution in [3.8, 4) is 17.6 Å². The van der Waals surface area contributed by atoms with E-state index in [1.54, 1.807) is 26.4 Å². The summed E-state index contributed by atoms with van der Waals surface area (Å²) in [6.07, 6.45) is 3.86. The Bertz CT molecular complexity index is 880. The Hall–Kier alpha value is -3.52. The van der Waals surface area contributed by atoms with E-state index in [1.165, 1.54) is 6.08 Å². The molecule has 5 nitrogen and oxygen atoms in total. The topological polar surface area (TPSA) is 71.4 Å². The summed E-state index contributed by atoms with van der Waals surface area (Å²) in [6.45, 7) is 4.10. The van der Waals surface area contributed by atoms with Crippen LogP contribution in [0.3, 0.4) is 0 Å².